The first-order valence-corrected chi connectivity index (χ1v) is 7.29. The number of carbonyl (C=O) groups is 2. The molecule has 0 radical (unpaired) electrons. The van der Waals surface area contributed by atoms with Gasteiger partial charge in [0.25, 0.3) is 0 Å². The molecule has 5 nitrogen and oxygen atoms in total. The van der Waals surface area contributed by atoms with Crippen molar-refractivity contribution in [1.29, 1.82) is 0 Å². The molecule has 1 aromatic rings. The zero-order valence-corrected chi connectivity index (χ0v) is 11.4. The van der Waals surface area contributed by atoms with Gasteiger partial charge in [-0.3, -0.25) is 0 Å². The summed E-state index contributed by atoms with van der Waals surface area (Å²) in [6, 6.07) is 6.41. The number of hydrogen-bond donors (Lipinski definition) is 2. The number of aliphatic carboxylic acids is 1. The van der Waals surface area contributed by atoms with Crippen LogP contribution in [0, 0.1) is 0 Å². The number of hydrogen-bond acceptors (Lipinski definition) is 3. The van der Waals surface area contributed by atoms with Crippen LogP contribution >= 0.6 is 11.8 Å². The van der Waals surface area contributed by atoms with Gasteiger partial charge in [-0.2, -0.15) is 0 Å². The fraction of sp³-hybridized carbons (Fsp3) is 0.385. The molecule has 1 aliphatic heterocycles. The van der Waals surface area contributed by atoms with Gasteiger partial charge >= 0.3 is 12.0 Å². The summed E-state index contributed by atoms with van der Waals surface area (Å²) in [5, 5.41) is 11.8. The Labute approximate surface area is 116 Å². The largest absolute Gasteiger partial charge is 0.480 e. The molecule has 0 saturated carbocycles. The predicted molar refractivity (Wildman–Crippen MR) is 74.6 cm³/mol. The molecule has 2 N–H and O–H groups in total. The summed E-state index contributed by atoms with van der Waals surface area (Å²) < 4.78 is 0. The van der Waals surface area contributed by atoms with Gasteiger partial charge in [-0.15, -0.1) is 11.8 Å². The van der Waals surface area contributed by atoms with Crippen molar-refractivity contribution in [1.82, 2.24) is 4.90 Å². The Bertz CT molecular complexity index is 475. The summed E-state index contributed by atoms with van der Waals surface area (Å²) in [6.45, 7) is 0.492. The molecule has 1 atom stereocenters. The number of nitrogens with one attached hydrogen (secondary N) is 1. The van der Waals surface area contributed by atoms with Crippen LogP contribution in [-0.2, 0) is 4.79 Å². The fourth-order valence-electron chi connectivity index (χ4n) is 2.14. The van der Waals surface area contributed by atoms with E-state index in [-0.39, 0.29) is 6.03 Å². The van der Waals surface area contributed by atoms with E-state index in [2.05, 4.69) is 5.32 Å². The number of anilines is 1. The minimum atomic E-state index is -0.939. The van der Waals surface area contributed by atoms with Gasteiger partial charge in [0.05, 0.1) is 0 Å². The Morgan fingerprint density at radius 1 is 1.37 bits per heavy atom. The number of likely N-dealkylation sites (tertiary alicyclic amines) is 1. The maximum Gasteiger partial charge on any atom is 0.326 e. The van der Waals surface area contributed by atoms with Crippen LogP contribution in [0.15, 0.2) is 29.2 Å². The van der Waals surface area contributed by atoms with E-state index < -0.39 is 12.0 Å². The standard InChI is InChI=1S/C13H16N2O3S/c1-19-10-6-4-9(5-7-10)14-13(18)15-8-2-3-11(15)12(16)17/h4-7,11H,2-3,8H2,1H3,(H,14,18)(H,16,17)/t11-/m1/s1. The van der Waals surface area contributed by atoms with Crippen molar-refractivity contribution >= 4 is 29.4 Å². The van der Waals surface area contributed by atoms with Gasteiger partial charge in [-0.1, -0.05) is 0 Å². The van der Waals surface area contributed by atoms with Gasteiger partial charge in [0.1, 0.15) is 6.04 Å². The monoisotopic (exact) mass is 280 g/mol. The zero-order chi connectivity index (χ0) is 13.8. The van der Waals surface area contributed by atoms with Gasteiger partial charge in [0.15, 0.2) is 0 Å². The molecular weight excluding hydrogens is 264 g/mol. The number of thioether (sulfide) groups is 1. The highest BCUT2D eigenvalue weighted by molar-refractivity contribution is 7.98. The Morgan fingerprint density at radius 3 is 2.63 bits per heavy atom. The molecule has 2 rings (SSSR count). The summed E-state index contributed by atoms with van der Waals surface area (Å²) in [4.78, 5) is 25.6. The Balaban J connectivity index is 2.01. The smallest absolute Gasteiger partial charge is 0.326 e. The zero-order valence-electron chi connectivity index (χ0n) is 10.6. The molecule has 19 heavy (non-hydrogen) atoms. The Kier molecular flexibility index (Phi) is 4.31. The number of carbonyl (C=O) groups excluding carboxylic acids is 1. The van der Waals surface area contributed by atoms with Crippen molar-refractivity contribution in [2.75, 3.05) is 18.1 Å². The van der Waals surface area contributed by atoms with E-state index in [4.69, 9.17) is 5.11 Å². The number of carboxylic acids is 1. The first-order valence-electron chi connectivity index (χ1n) is 6.06. The molecule has 6 heteroatoms. The van der Waals surface area contributed by atoms with Crippen LogP contribution in [0.25, 0.3) is 0 Å². The SMILES string of the molecule is CSc1ccc(NC(=O)N2CCC[C@@H]2C(=O)O)cc1. The first kappa shape index (κ1) is 13.7. The molecule has 1 aliphatic rings. The lowest BCUT2D eigenvalue weighted by Crippen LogP contribution is -2.42. The topological polar surface area (TPSA) is 69.6 Å². The maximum absolute atomic E-state index is 12.0. The second-order valence-corrected chi connectivity index (χ2v) is 5.23. The van der Waals surface area contributed by atoms with E-state index in [1.165, 1.54) is 4.90 Å². The van der Waals surface area contributed by atoms with E-state index in [0.717, 1.165) is 11.3 Å². The van der Waals surface area contributed by atoms with Gasteiger partial charge in [-0.05, 0) is 43.4 Å². The molecule has 1 heterocycles. The van der Waals surface area contributed by atoms with Crippen LogP contribution in [0.3, 0.4) is 0 Å². The van der Waals surface area contributed by atoms with E-state index >= 15 is 0 Å². The molecule has 1 fully saturated rings. The third kappa shape index (κ3) is 3.20. The Morgan fingerprint density at radius 2 is 2.05 bits per heavy atom. The quantitative estimate of drug-likeness (QED) is 0.835. The summed E-state index contributed by atoms with van der Waals surface area (Å²) in [7, 11) is 0. The van der Waals surface area contributed by atoms with Crippen LogP contribution in [-0.4, -0.2) is 40.8 Å². The molecular formula is C13H16N2O3S. The van der Waals surface area contributed by atoms with Crippen LogP contribution in [0.1, 0.15) is 12.8 Å². The van der Waals surface area contributed by atoms with Crippen molar-refractivity contribution in [2.24, 2.45) is 0 Å². The molecule has 102 valence electrons. The molecule has 1 aromatic carbocycles. The lowest BCUT2D eigenvalue weighted by Gasteiger charge is -2.21. The molecule has 0 bridgehead atoms. The summed E-state index contributed by atoms with van der Waals surface area (Å²) in [6.07, 6.45) is 3.24. The number of amides is 2. The summed E-state index contributed by atoms with van der Waals surface area (Å²) in [5.74, 6) is -0.939. The predicted octanol–water partition coefficient (Wildman–Crippen LogP) is 2.49. The van der Waals surface area contributed by atoms with Crippen LogP contribution in [0.2, 0.25) is 0 Å². The van der Waals surface area contributed by atoms with Crippen molar-refractivity contribution in [3.63, 3.8) is 0 Å². The average Bonchev–Trinajstić information content (AvgIpc) is 2.89. The van der Waals surface area contributed by atoms with Gasteiger partial charge in [0, 0.05) is 17.1 Å². The van der Waals surface area contributed by atoms with Crippen LogP contribution < -0.4 is 5.32 Å². The van der Waals surface area contributed by atoms with Crippen molar-refractivity contribution in [3.05, 3.63) is 24.3 Å². The number of urea groups is 1. The normalized spacial score (nSPS) is 18.4. The second kappa shape index (κ2) is 5.97. The van der Waals surface area contributed by atoms with E-state index in [1.807, 2.05) is 30.5 Å². The Hall–Kier alpha value is -1.69. The van der Waals surface area contributed by atoms with Crippen LogP contribution in [0.4, 0.5) is 10.5 Å². The fourth-order valence-corrected chi connectivity index (χ4v) is 2.54. The van der Waals surface area contributed by atoms with Crippen molar-refractivity contribution in [3.8, 4) is 0 Å². The highest BCUT2D eigenvalue weighted by atomic mass is 32.2. The van der Waals surface area contributed by atoms with Gasteiger partial charge in [0.2, 0.25) is 0 Å². The minimum absolute atomic E-state index is 0.346. The first-order chi connectivity index (χ1) is 9.11. The molecule has 1 saturated heterocycles. The lowest BCUT2D eigenvalue weighted by atomic mass is 10.2. The summed E-state index contributed by atoms with van der Waals surface area (Å²) >= 11 is 1.63. The van der Waals surface area contributed by atoms with E-state index in [0.29, 0.717) is 18.7 Å². The van der Waals surface area contributed by atoms with Crippen molar-refractivity contribution in [2.45, 2.75) is 23.8 Å². The average molecular weight is 280 g/mol. The molecule has 0 unspecified atom stereocenters. The minimum Gasteiger partial charge on any atom is -0.480 e. The van der Waals surface area contributed by atoms with Gasteiger partial charge in [-0.25, -0.2) is 9.59 Å². The van der Waals surface area contributed by atoms with Crippen LogP contribution in [0.5, 0.6) is 0 Å². The highest BCUT2D eigenvalue weighted by Crippen LogP contribution is 2.21. The molecule has 0 aromatic heterocycles. The molecule has 0 aliphatic carbocycles. The van der Waals surface area contributed by atoms with E-state index in [1.54, 1.807) is 11.8 Å². The maximum atomic E-state index is 12.0. The number of carboxylic acid groups (broad SMARTS) is 1. The molecule has 2 amide bonds. The van der Waals surface area contributed by atoms with E-state index in [9.17, 15) is 9.59 Å². The number of rotatable bonds is 3. The second-order valence-electron chi connectivity index (χ2n) is 4.35. The number of benzene rings is 1. The highest BCUT2D eigenvalue weighted by Gasteiger charge is 2.33. The number of nitrogens with zero attached hydrogens (tertiary/aromatic N) is 1. The molecule has 0 spiro atoms. The lowest BCUT2D eigenvalue weighted by molar-refractivity contribution is -0.141. The third-order valence-corrected chi connectivity index (χ3v) is 3.88. The van der Waals surface area contributed by atoms with Crippen molar-refractivity contribution < 1.29 is 14.7 Å². The van der Waals surface area contributed by atoms with Gasteiger partial charge < -0.3 is 15.3 Å². The third-order valence-electron chi connectivity index (χ3n) is 3.14. The summed E-state index contributed by atoms with van der Waals surface area (Å²) in [5.41, 5.74) is 0.679.